The maximum atomic E-state index is 13.9. The molecule has 0 saturated carbocycles. The van der Waals surface area contributed by atoms with Crippen LogP contribution in [0.2, 0.25) is 0 Å². The smallest absolute Gasteiger partial charge is 0.405 e. The molecule has 0 amide bonds. The van der Waals surface area contributed by atoms with Gasteiger partial charge in [-0.15, -0.1) is 0 Å². The van der Waals surface area contributed by atoms with Gasteiger partial charge >= 0.3 is 15.4 Å². The molecule has 0 bridgehead atoms. The second-order valence-electron chi connectivity index (χ2n) is 10.2. The van der Waals surface area contributed by atoms with E-state index in [0.29, 0.717) is 13.2 Å². The van der Waals surface area contributed by atoms with Gasteiger partial charge in [-0.2, -0.15) is 17.2 Å². The molecule has 1 heterocycles. The van der Waals surface area contributed by atoms with Crippen molar-refractivity contribution >= 4 is 21.0 Å². The van der Waals surface area contributed by atoms with Gasteiger partial charge in [0.05, 0.1) is 29.7 Å². The molecule has 1 aliphatic heterocycles. The second kappa shape index (κ2) is 10.7. The van der Waals surface area contributed by atoms with Crippen LogP contribution < -0.4 is 4.74 Å². The predicted octanol–water partition coefficient (Wildman–Crippen LogP) is 5.78. The highest BCUT2D eigenvalue weighted by molar-refractivity contribution is 7.97. The minimum atomic E-state index is -5.64. The summed E-state index contributed by atoms with van der Waals surface area (Å²) < 4.78 is 76.0. The van der Waals surface area contributed by atoms with E-state index >= 15 is 0 Å². The molecule has 2 N–H and O–H groups in total. The second-order valence-corrected chi connectivity index (χ2v) is 13.7. The van der Waals surface area contributed by atoms with Crippen LogP contribution in [-0.2, 0) is 36.1 Å². The first-order valence-corrected chi connectivity index (χ1v) is 14.8. The molecule has 1 saturated heterocycles. The van der Waals surface area contributed by atoms with Crippen molar-refractivity contribution in [2.45, 2.75) is 64.9 Å². The van der Waals surface area contributed by atoms with Gasteiger partial charge in [0.25, 0.3) is 0 Å². The summed E-state index contributed by atoms with van der Waals surface area (Å²) in [7, 11) is -6.27. The number of hydrogen-bond donors (Lipinski definition) is 2. The Labute approximate surface area is 229 Å². The molecule has 0 spiro atoms. The molecule has 0 aliphatic carbocycles. The Morgan fingerprint density at radius 3 is 1.82 bits per heavy atom. The summed E-state index contributed by atoms with van der Waals surface area (Å²) in [5.41, 5.74) is 0.0274. The summed E-state index contributed by atoms with van der Waals surface area (Å²) >= 11 is 0. The number of alkyl halides is 2. The van der Waals surface area contributed by atoms with Gasteiger partial charge in [-0.25, -0.2) is 0 Å². The van der Waals surface area contributed by atoms with Crippen LogP contribution in [0.5, 0.6) is 11.5 Å². The fourth-order valence-corrected chi connectivity index (χ4v) is 6.50. The first kappa shape index (κ1) is 29.3. The molecule has 3 atom stereocenters. The summed E-state index contributed by atoms with van der Waals surface area (Å²) in [6.07, 6.45) is -2.11. The summed E-state index contributed by atoms with van der Waals surface area (Å²) in [6.45, 7) is 7.70. The molecule has 11 heteroatoms. The van der Waals surface area contributed by atoms with E-state index < -0.39 is 38.0 Å². The number of phenolic OH excluding ortho intramolecular Hbond substituents is 1. The summed E-state index contributed by atoms with van der Waals surface area (Å²) in [5.74, 6) is 0.143. The molecule has 39 heavy (non-hydrogen) atoms. The molecule has 0 radical (unpaired) electrons. The molecular formula is C28H31F2O7S2+. The molecule has 4 rings (SSSR count). The Morgan fingerprint density at radius 1 is 0.872 bits per heavy atom. The average Bonchev–Trinajstić information content (AvgIpc) is 2.88. The van der Waals surface area contributed by atoms with Crippen molar-refractivity contribution in [1.82, 2.24) is 0 Å². The Bertz CT molecular complexity index is 1380. The van der Waals surface area contributed by atoms with Crippen LogP contribution >= 0.6 is 0 Å². The number of ether oxygens (including phenoxy) is 3. The monoisotopic (exact) mass is 581 g/mol. The fraction of sp³-hybridized carbons (Fsp3) is 0.357. The van der Waals surface area contributed by atoms with E-state index in [2.05, 4.69) is 0 Å². The van der Waals surface area contributed by atoms with Crippen LogP contribution in [0.15, 0.2) is 87.5 Å². The van der Waals surface area contributed by atoms with Gasteiger partial charge < -0.3 is 19.3 Å². The van der Waals surface area contributed by atoms with Crippen LogP contribution in [0.1, 0.15) is 33.3 Å². The fourth-order valence-electron chi connectivity index (χ4n) is 3.99. The normalized spacial score (nSPS) is 21.2. The van der Waals surface area contributed by atoms with Gasteiger partial charge in [-0.1, -0.05) is 12.1 Å². The number of aromatic hydroxyl groups is 1. The summed E-state index contributed by atoms with van der Waals surface area (Å²) in [4.78, 5) is 2.70. The Morgan fingerprint density at radius 2 is 1.36 bits per heavy atom. The number of benzene rings is 3. The minimum Gasteiger partial charge on any atom is -0.508 e. The van der Waals surface area contributed by atoms with Gasteiger partial charge in [-0.05, 0) is 93.9 Å². The summed E-state index contributed by atoms with van der Waals surface area (Å²) in [5, 5.41) is 5.34. The van der Waals surface area contributed by atoms with Gasteiger partial charge in [-0.3, -0.25) is 4.55 Å². The average molecular weight is 582 g/mol. The number of halogens is 2. The number of hydrogen-bond acceptors (Lipinski definition) is 6. The van der Waals surface area contributed by atoms with E-state index in [1.54, 1.807) is 24.3 Å². The summed E-state index contributed by atoms with van der Waals surface area (Å²) in [6, 6.07) is 21.2. The lowest BCUT2D eigenvalue weighted by Crippen LogP contribution is -2.47. The molecule has 1 fully saturated rings. The van der Waals surface area contributed by atoms with E-state index in [9.17, 15) is 22.3 Å². The van der Waals surface area contributed by atoms with E-state index in [1.165, 1.54) is 12.1 Å². The number of rotatable bonds is 8. The Kier molecular flexibility index (Phi) is 8.04. The van der Waals surface area contributed by atoms with Crippen LogP contribution in [0.4, 0.5) is 8.78 Å². The van der Waals surface area contributed by atoms with Crippen molar-refractivity contribution in [3.8, 4) is 11.5 Å². The zero-order chi connectivity index (χ0) is 28.6. The van der Waals surface area contributed by atoms with E-state index in [4.69, 9.17) is 18.8 Å². The third kappa shape index (κ3) is 6.38. The van der Waals surface area contributed by atoms with Crippen molar-refractivity contribution in [3.63, 3.8) is 0 Å². The highest BCUT2D eigenvalue weighted by Crippen LogP contribution is 2.37. The quantitative estimate of drug-likeness (QED) is 0.257. The molecule has 3 aromatic carbocycles. The molecule has 0 aromatic heterocycles. The maximum absolute atomic E-state index is 13.9. The van der Waals surface area contributed by atoms with Crippen LogP contribution in [-0.4, -0.2) is 48.3 Å². The van der Waals surface area contributed by atoms with Crippen molar-refractivity contribution < 1.29 is 41.1 Å². The third-order valence-electron chi connectivity index (χ3n) is 6.44. The zero-order valence-electron chi connectivity index (χ0n) is 21.9. The standard InChI is InChI=1S/C28H30F2O7S2/c1-19(28(29,30)39(32,33)34)37-22-9-15-25(16-10-22)38(24-13-7-21(31)8-14-24)23-11-5-20(6-12-23)27(4)18-35-26(2,3)17-36-27/h5-16,19H,17-18H2,1-4H3,(H-,31,32,33,34)/p+1. The molecule has 3 unspecified atom stereocenters. The Balaban J connectivity index is 1.62. The lowest BCUT2D eigenvalue weighted by molar-refractivity contribution is -0.221. The lowest BCUT2D eigenvalue weighted by Gasteiger charge is -2.41. The van der Waals surface area contributed by atoms with Crippen LogP contribution in [0.3, 0.4) is 0 Å². The van der Waals surface area contributed by atoms with Crippen LogP contribution in [0.25, 0.3) is 0 Å². The topological polar surface area (TPSA) is 102 Å². The van der Waals surface area contributed by atoms with Crippen LogP contribution in [0, 0.1) is 0 Å². The predicted molar refractivity (Wildman–Crippen MR) is 143 cm³/mol. The number of phenols is 1. The molecule has 7 nitrogen and oxygen atoms in total. The molecule has 1 aliphatic rings. The van der Waals surface area contributed by atoms with Gasteiger partial charge in [0.15, 0.2) is 20.8 Å². The lowest BCUT2D eigenvalue weighted by atomic mass is 9.94. The van der Waals surface area contributed by atoms with Crippen molar-refractivity contribution in [1.29, 1.82) is 0 Å². The third-order valence-corrected chi connectivity index (χ3v) is 9.69. The maximum Gasteiger partial charge on any atom is 0.405 e. The minimum absolute atomic E-state index is 0.0180. The zero-order valence-corrected chi connectivity index (χ0v) is 23.6. The van der Waals surface area contributed by atoms with Gasteiger partial charge in [0, 0.05) is 0 Å². The van der Waals surface area contributed by atoms with Crippen molar-refractivity contribution in [2.24, 2.45) is 0 Å². The molecule has 3 aromatic rings. The van der Waals surface area contributed by atoms with E-state index in [0.717, 1.165) is 27.2 Å². The van der Waals surface area contributed by atoms with Crippen molar-refractivity contribution in [3.05, 3.63) is 78.4 Å². The highest BCUT2D eigenvalue weighted by atomic mass is 32.2. The first-order chi connectivity index (χ1) is 18.1. The first-order valence-electron chi connectivity index (χ1n) is 12.1. The largest absolute Gasteiger partial charge is 0.508 e. The Hall–Kier alpha value is -2.70. The van der Waals surface area contributed by atoms with E-state index in [-0.39, 0.29) is 17.1 Å². The van der Waals surface area contributed by atoms with Gasteiger partial charge in [0.1, 0.15) is 17.1 Å². The van der Waals surface area contributed by atoms with Crippen molar-refractivity contribution in [2.75, 3.05) is 13.2 Å². The SMILES string of the molecule is CC(Oc1ccc([S+](c2ccc(O)cc2)c2ccc(C3(C)COC(C)(C)CO3)cc2)cc1)C(F)(F)S(=O)(=O)O. The van der Waals surface area contributed by atoms with Gasteiger partial charge in [0.2, 0.25) is 0 Å². The van der Waals surface area contributed by atoms with E-state index in [1.807, 2.05) is 57.2 Å². The highest BCUT2D eigenvalue weighted by Gasteiger charge is 2.51. The molecular weight excluding hydrogens is 550 g/mol. The molecule has 210 valence electrons.